The SMILES string of the molecule is COc1cccc(-c2nnsc2C(=O)NCCc2ccc(OC)c(OC)c2)c1. The van der Waals surface area contributed by atoms with Crippen LogP contribution in [0.15, 0.2) is 42.5 Å². The van der Waals surface area contributed by atoms with Crippen molar-refractivity contribution in [2.45, 2.75) is 6.42 Å². The van der Waals surface area contributed by atoms with Crippen LogP contribution < -0.4 is 19.5 Å². The molecule has 2 aromatic carbocycles. The highest BCUT2D eigenvalue weighted by Crippen LogP contribution is 2.28. The monoisotopic (exact) mass is 399 g/mol. The molecule has 0 fully saturated rings. The number of hydrogen-bond donors (Lipinski definition) is 1. The molecule has 3 aromatic rings. The van der Waals surface area contributed by atoms with Crippen molar-refractivity contribution in [2.75, 3.05) is 27.9 Å². The number of amides is 1. The Hall–Kier alpha value is -3.13. The number of carbonyl (C=O) groups is 1. The fourth-order valence-corrected chi connectivity index (χ4v) is 3.34. The van der Waals surface area contributed by atoms with Crippen molar-refractivity contribution in [1.82, 2.24) is 14.9 Å². The van der Waals surface area contributed by atoms with E-state index in [4.69, 9.17) is 14.2 Å². The van der Waals surface area contributed by atoms with Crippen molar-refractivity contribution in [2.24, 2.45) is 0 Å². The molecule has 0 aliphatic carbocycles. The van der Waals surface area contributed by atoms with Crippen molar-refractivity contribution in [1.29, 1.82) is 0 Å². The second-order valence-electron chi connectivity index (χ2n) is 5.88. The molecule has 0 radical (unpaired) electrons. The Morgan fingerprint density at radius 3 is 2.61 bits per heavy atom. The van der Waals surface area contributed by atoms with E-state index in [-0.39, 0.29) is 5.91 Å². The highest BCUT2D eigenvalue weighted by atomic mass is 32.1. The molecule has 1 aromatic heterocycles. The van der Waals surface area contributed by atoms with E-state index < -0.39 is 0 Å². The fraction of sp³-hybridized carbons (Fsp3) is 0.250. The summed E-state index contributed by atoms with van der Waals surface area (Å²) in [6.45, 7) is 0.476. The van der Waals surface area contributed by atoms with Gasteiger partial charge in [-0.3, -0.25) is 4.79 Å². The number of nitrogens with one attached hydrogen (secondary N) is 1. The van der Waals surface area contributed by atoms with Crippen molar-refractivity contribution in [3.8, 4) is 28.5 Å². The number of hydrogen-bond acceptors (Lipinski definition) is 7. The molecule has 0 unspecified atom stereocenters. The molecule has 1 heterocycles. The van der Waals surface area contributed by atoms with E-state index in [1.54, 1.807) is 21.3 Å². The van der Waals surface area contributed by atoms with Gasteiger partial charge in [0.25, 0.3) is 5.91 Å². The zero-order valence-corrected chi connectivity index (χ0v) is 16.7. The van der Waals surface area contributed by atoms with E-state index in [2.05, 4.69) is 14.9 Å². The van der Waals surface area contributed by atoms with E-state index >= 15 is 0 Å². The van der Waals surface area contributed by atoms with E-state index in [0.29, 0.717) is 40.8 Å². The summed E-state index contributed by atoms with van der Waals surface area (Å²) in [5.74, 6) is 1.84. The van der Waals surface area contributed by atoms with E-state index in [1.165, 1.54) is 0 Å². The first-order valence-corrected chi connectivity index (χ1v) is 9.39. The van der Waals surface area contributed by atoms with Crippen LogP contribution in [-0.4, -0.2) is 43.4 Å². The van der Waals surface area contributed by atoms with Gasteiger partial charge in [-0.15, -0.1) is 5.10 Å². The highest BCUT2D eigenvalue weighted by Gasteiger charge is 2.18. The van der Waals surface area contributed by atoms with Gasteiger partial charge >= 0.3 is 0 Å². The lowest BCUT2D eigenvalue weighted by atomic mass is 10.1. The zero-order chi connectivity index (χ0) is 19.9. The lowest BCUT2D eigenvalue weighted by molar-refractivity contribution is 0.0958. The van der Waals surface area contributed by atoms with E-state index in [9.17, 15) is 4.79 Å². The van der Waals surface area contributed by atoms with Gasteiger partial charge < -0.3 is 19.5 Å². The minimum absolute atomic E-state index is 0.201. The number of ether oxygens (including phenoxy) is 3. The summed E-state index contributed by atoms with van der Waals surface area (Å²) in [5, 5.41) is 7.04. The van der Waals surface area contributed by atoms with Gasteiger partial charge in [-0.05, 0) is 47.8 Å². The molecule has 0 saturated heterocycles. The third-order valence-electron chi connectivity index (χ3n) is 4.18. The second kappa shape index (κ2) is 9.18. The second-order valence-corrected chi connectivity index (χ2v) is 6.63. The molecule has 3 rings (SSSR count). The molecule has 28 heavy (non-hydrogen) atoms. The summed E-state index contributed by atoms with van der Waals surface area (Å²) < 4.78 is 19.7. The van der Waals surface area contributed by atoms with Gasteiger partial charge in [0.05, 0.1) is 21.3 Å². The maximum absolute atomic E-state index is 12.6. The van der Waals surface area contributed by atoms with Crippen LogP contribution in [0.3, 0.4) is 0 Å². The third-order valence-corrected chi connectivity index (χ3v) is 4.91. The topological polar surface area (TPSA) is 82.6 Å². The lowest BCUT2D eigenvalue weighted by Gasteiger charge is -2.10. The Morgan fingerprint density at radius 2 is 1.86 bits per heavy atom. The van der Waals surface area contributed by atoms with Crippen LogP contribution in [0.2, 0.25) is 0 Å². The minimum atomic E-state index is -0.201. The molecule has 1 N–H and O–H groups in total. The number of carbonyl (C=O) groups excluding carboxylic acids is 1. The van der Waals surface area contributed by atoms with Gasteiger partial charge in [-0.2, -0.15) is 0 Å². The average molecular weight is 399 g/mol. The Kier molecular flexibility index (Phi) is 6.44. The fourth-order valence-electron chi connectivity index (χ4n) is 2.74. The number of aromatic nitrogens is 2. The van der Waals surface area contributed by atoms with Crippen LogP contribution >= 0.6 is 11.5 Å². The zero-order valence-electron chi connectivity index (χ0n) is 15.9. The minimum Gasteiger partial charge on any atom is -0.497 e. The smallest absolute Gasteiger partial charge is 0.265 e. The first-order chi connectivity index (χ1) is 13.7. The maximum Gasteiger partial charge on any atom is 0.265 e. The van der Waals surface area contributed by atoms with E-state index in [0.717, 1.165) is 22.7 Å². The molecule has 1 amide bonds. The van der Waals surface area contributed by atoms with Gasteiger partial charge in [0.2, 0.25) is 0 Å². The predicted octanol–water partition coefficient (Wildman–Crippen LogP) is 3.20. The van der Waals surface area contributed by atoms with Crippen LogP contribution in [0.25, 0.3) is 11.3 Å². The molecular weight excluding hydrogens is 378 g/mol. The first-order valence-electron chi connectivity index (χ1n) is 8.62. The van der Waals surface area contributed by atoms with Crippen molar-refractivity contribution < 1.29 is 19.0 Å². The standard InChI is InChI=1S/C20H21N3O4S/c1-25-15-6-4-5-14(12-15)18-19(28-23-22-18)20(24)21-10-9-13-7-8-16(26-2)17(11-13)27-3/h4-8,11-12H,9-10H2,1-3H3,(H,21,24). The first kappa shape index (κ1) is 19.6. The number of methoxy groups -OCH3 is 3. The molecule has 0 aliphatic rings. The quantitative estimate of drug-likeness (QED) is 0.626. The molecule has 7 nitrogen and oxygen atoms in total. The predicted molar refractivity (Wildman–Crippen MR) is 107 cm³/mol. The molecule has 0 spiro atoms. The van der Waals surface area contributed by atoms with Crippen LogP contribution in [0.5, 0.6) is 17.2 Å². The summed E-state index contributed by atoms with van der Waals surface area (Å²) in [4.78, 5) is 13.1. The van der Waals surface area contributed by atoms with Gasteiger partial charge in [0.1, 0.15) is 16.3 Å². The number of benzene rings is 2. The highest BCUT2D eigenvalue weighted by molar-refractivity contribution is 7.08. The Labute approximate surface area is 167 Å². The van der Waals surface area contributed by atoms with Crippen LogP contribution in [0, 0.1) is 0 Å². The Balaban J connectivity index is 1.66. The summed E-state index contributed by atoms with van der Waals surface area (Å²) in [6.07, 6.45) is 0.660. The lowest BCUT2D eigenvalue weighted by Crippen LogP contribution is -2.25. The maximum atomic E-state index is 12.6. The van der Waals surface area contributed by atoms with Gasteiger partial charge in [-0.25, -0.2) is 0 Å². The molecular formula is C20H21N3O4S. The molecule has 0 bridgehead atoms. The van der Waals surface area contributed by atoms with Crippen molar-refractivity contribution in [3.63, 3.8) is 0 Å². The van der Waals surface area contributed by atoms with Gasteiger partial charge in [0.15, 0.2) is 11.5 Å². The largest absolute Gasteiger partial charge is 0.497 e. The number of rotatable bonds is 8. The van der Waals surface area contributed by atoms with Crippen LogP contribution in [0.4, 0.5) is 0 Å². The van der Waals surface area contributed by atoms with Crippen molar-refractivity contribution in [3.05, 3.63) is 52.9 Å². The Bertz CT molecular complexity index is 958. The van der Waals surface area contributed by atoms with Gasteiger partial charge in [0, 0.05) is 12.1 Å². The third kappa shape index (κ3) is 4.40. The molecule has 146 valence electrons. The molecule has 8 heteroatoms. The van der Waals surface area contributed by atoms with Crippen molar-refractivity contribution >= 4 is 17.4 Å². The summed E-state index contributed by atoms with van der Waals surface area (Å²) in [7, 11) is 4.79. The van der Waals surface area contributed by atoms with Crippen LogP contribution in [0.1, 0.15) is 15.2 Å². The van der Waals surface area contributed by atoms with Crippen LogP contribution in [-0.2, 0) is 6.42 Å². The Morgan fingerprint density at radius 1 is 1.04 bits per heavy atom. The molecule has 0 aliphatic heterocycles. The average Bonchev–Trinajstić information content (AvgIpc) is 3.23. The van der Waals surface area contributed by atoms with Gasteiger partial charge in [-0.1, -0.05) is 22.7 Å². The van der Waals surface area contributed by atoms with E-state index in [1.807, 2.05) is 42.5 Å². The number of nitrogens with zero attached hydrogens (tertiary/aromatic N) is 2. The summed E-state index contributed by atoms with van der Waals surface area (Å²) in [5.41, 5.74) is 2.37. The molecule has 0 saturated carbocycles. The summed E-state index contributed by atoms with van der Waals surface area (Å²) in [6, 6.07) is 13.1. The normalized spacial score (nSPS) is 10.4. The summed E-state index contributed by atoms with van der Waals surface area (Å²) >= 11 is 1.07. The molecule has 0 atom stereocenters.